The Labute approximate surface area is 156 Å². The van der Waals surface area contributed by atoms with Crippen LogP contribution in [0.5, 0.6) is 0 Å². The summed E-state index contributed by atoms with van der Waals surface area (Å²) in [7, 11) is 0. The van der Waals surface area contributed by atoms with Crippen LogP contribution in [0.2, 0.25) is 0 Å². The first-order valence-corrected chi connectivity index (χ1v) is 9.83. The fourth-order valence-corrected chi connectivity index (χ4v) is 3.98. The van der Waals surface area contributed by atoms with E-state index < -0.39 is 0 Å². The summed E-state index contributed by atoms with van der Waals surface area (Å²) in [6.07, 6.45) is 0.335. The number of benzene rings is 2. The van der Waals surface area contributed by atoms with Gasteiger partial charge in [-0.25, -0.2) is 0 Å². The highest BCUT2D eigenvalue weighted by Gasteiger charge is 2.09. The Hall–Kier alpha value is -1.70. The van der Waals surface area contributed by atoms with Crippen molar-refractivity contribution in [2.24, 2.45) is 0 Å². The van der Waals surface area contributed by atoms with Crippen molar-refractivity contribution in [3.8, 4) is 0 Å². The van der Waals surface area contributed by atoms with E-state index in [1.165, 1.54) is 16.9 Å². The van der Waals surface area contributed by atoms with Crippen LogP contribution in [0.25, 0.3) is 0 Å². The average Bonchev–Trinajstić information content (AvgIpc) is 3.02. The van der Waals surface area contributed by atoms with Gasteiger partial charge in [0.05, 0.1) is 6.42 Å². The Bertz CT molecular complexity index is 806. The summed E-state index contributed by atoms with van der Waals surface area (Å²) < 4.78 is 1.91. The van der Waals surface area contributed by atoms with Gasteiger partial charge >= 0.3 is 0 Å². The third-order valence-electron chi connectivity index (χ3n) is 3.14. The number of nitrogens with one attached hydrogen (secondary N) is 1. The highest BCUT2D eigenvalue weighted by Crippen LogP contribution is 2.28. The van der Waals surface area contributed by atoms with Gasteiger partial charge in [-0.2, -0.15) is 0 Å². The van der Waals surface area contributed by atoms with Gasteiger partial charge in [-0.1, -0.05) is 81.5 Å². The van der Waals surface area contributed by atoms with E-state index in [0.717, 1.165) is 20.1 Å². The SMILES string of the molecule is O=C(Cc1ccccc1)Nc1nnc(SCc2ccc(Br)cc2)s1. The maximum atomic E-state index is 12.0. The van der Waals surface area contributed by atoms with Crippen molar-refractivity contribution in [3.05, 3.63) is 70.2 Å². The number of carbonyl (C=O) groups is 1. The monoisotopic (exact) mass is 419 g/mol. The van der Waals surface area contributed by atoms with E-state index in [0.29, 0.717) is 11.6 Å². The maximum Gasteiger partial charge on any atom is 0.230 e. The second kappa shape index (κ2) is 8.41. The van der Waals surface area contributed by atoms with E-state index >= 15 is 0 Å². The molecule has 0 aliphatic rings. The first-order chi connectivity index (χ1) is 11.7. The molecule has 0 saturated heterocycles. The van der Waals surface area contributed by atoms with Crippen LogP contribution >= 0.6 is 39.0 Å². The first kappa shape index (κ1) is 17.1. The molecule has 3 aromatic rings. The molecule has 1 amide bonds. The molecule has 24 heavy (non-hydrogen) atoms. The van der Waals surface area contributed by atoms with Gasteiger partial charge in [0.2, 0.25) is 11.0 Å². The molecule has 0 radical (unpaired) electrons. The number of hydrogen-bond donors (Lipinski definition) is 1. The summed E-state index contributed by atoms with van der Waals surface area (Å²) in [5.41, 5.74) is 2.19. The number of nitrogens with zero attached hydrogens (tertiary/aromatic N) is 2. The third kappa shape index (κ3) is 5.15. The molecule has 4 nitrogen and oxygen atoms in total. The summed E-state index contributed by atoms with van der Waals surface area (Å²) in [4.78, 5) is 12.0. The van der Waals surface area contributed by atoms with Crippen molar-refractivity contribution in [2.75, 3.05) is 5.32 Å². The molecule has 7 heteroatoms. The normalized spacial score (nSPS) is 10.5. The molecule has 3 rings (SSSR count). The first-order valence-electron chi connectivity index (χ1n) is 7.23. The van der Waals surface area contributed by atoms with E-state index in [-0.39, 0.29) is 5.91 Å². The van der Waals surface area contributed by atoms with Crippen LogP contribution in [0.4, 0.5) is 5.13 Å². The van der Waals surface area contributed by atoms with Gasteiger partial charge in [-0.05, 0) is 23.3 Å². The Morgan fingerprint density at radius 2 is 1.79 bits per heavy atom. The highest BCUT2D eigenvalue weighted by atomic mass is 79.9. The zero-order valence-corrected chi connectivity index (χ0v) is 15.8. The van der Waals surface area contributed by atoms with Crippen LogP contribution in [0, 0.1) is 0 Å². The van der Waals surface area contributed by atoms with E-state index in [2.05, 4.69) is 43.6 Å². The predicted octanol–water partition coefficient (Wildman–Crippen LogP) is 4.77. The molecule has 1 N–H and O–H groups in total. The van der Waals surface area contributed by atoms with Crippen LogP contribution in [0.3, 0.4) is 0 Å². The lowest BCUT2D eigenvalue weighted by atomic mass is 10.1. The number of halogens is 1. The number of rotatable bonds is 6. The number of carbonyl (C=O) groups excluding carboxylic acids is 1. The third-order valence-corrected chi connectivity index (χ3v) is 5.71. The minimum absolute atomic E-state index is 0.0817. The Morgan fingerprint density at radius 3 is 2.54 bits per heavy atom. The van der Waals surface area contributed by atoms with E-state index in [9.17, 15) is 4.79 Å². The summed E-state index contributed by atoms with van der Waals surface area (Å²) in [5, 5.41) is 11.5. The second-order valence-corrected chi connectivity index (χ2v) is 8.11. The molecule has 0 spiro atoms. The van der Waals surface area contributed by atoms with E-state index in [1.54, 1.807) is 11.8 Å². The van der Waals surface area contributed by atoms with Gasteiger partial charge in [-0.15, -0.1) is 10.2 Å². The lowest BCUT2D eigenvalue weighted by Crippen LogP contribution is -2.14. The van der Waals surface area contributed by atoms with Crippen LogP contribution in [0.1, 0.15) is 11.1 Å². The van der Waals surface area contributed by atoms with Crippen LogP contribution < -0.4 is 5.32 Å². The number of hydrogen-bond acceptors (Lipinski definition) is 5. The zero-order valence-electron chi connectivity index (χ0n) is 12.6. The number of anilines is 1. The molecule has 0 fully saturated rings. The van der Waals surface area contributed by atoms with Gasteiger partial charge in [0.1, 0.15) is 0 Å². The van der Waals surface area contributed by atoms with Crippen molar-refractivity contribution < 1.29 is 4.79 Å². The zero-order chi connectivity index (χ0) is 16.8. The topological polar surface area (TPSA) is 54.9 Å². The fourth-order valence-electron chi connectivity index (χ4n) is 1.99. The van der Waals surface area contributed by atoms with Gasteiger partial charge < -0.3 is 5.32 Å². The van der Waals surface area contributed by atoms with Gasteiger partial charge in [-0.3, -0.25) is 4.79 Å². The quantitative estimate of drug-likeness (QED) is 0.461. The van der Waals surface area contributed by atoms with E-state index in [1.807, 2.05) is 42.5 Å². The average molecular weight is 420 g/mol. The minimum Gasteiger partial charge on any atom is -0.300 e. The molecule has 1 aromatic heterocycles. The molecule has 0 saturated carbocycles. The second-order valence-electron chi connectivity index (χ2n) is 5.00. The molecule has 122 valence electrons. The fraction of sp³-hybridized carbons (Fsp3) is 0.118. The summed E-state index contributed by atoms with van der Waals surface area (Å²) in [6.45, 7) is 0. The number of aromatic nitrogens is 2. The Kier molecular flexibility index (Phi) is 6.01. The smallest absolute Gasteiger partial charge is 0.230 e. The molecule has 0 aliphatic carbocycles. The predicted molar refractivity (Wildman–Crippen MR) is 102 cm³/mol. The highest BCUT2D eigenvalue weighted by molar-refractivity contribution is 9.10. The largest absolute Gasteiger partial charge is 0.300 e. The lowest BCUT2D eigenvalue weighted by Gasteiger charge is -2.01. The molecule has 2 aromatic carbocycles. The molecule has 0 unspecified atom stereocenters. The minimum atomic E-state index is -0.0817. The van der Waals surface area contributed by atoms with Gasteiger partial charge in [0.25, 0.3) is 0 Å². The van der Waals surface area contributed by atoms with Crippen molar-refractivity contribution in [3.63, 3.8) is 0 Å². The summed E-state index contributed by atoms with van der Waals surface area (Å²) >= 11 is 6.43. The van der Waals surface area contributed by atoms with Gasteiger partial charge in [0, 0.05) is 10.2 Å². The molecule has 0 bridgehead atoms. The Balaban J connectivity index is 1.51. The van der Waals surface area contributed by atoms with Gasteiger partial charge in [0.15, 0.2) is 4.34 Å². The molecule has 0 aliphatic heterocycles. The van der Waals surface area contributed by atoms with Crippen molar-refractivity contribution in [1.82, 2.24) is 10.2 Å². The standard InChI is InChI=1S/C17H14BrN3OS2/c18-14-8-6-13(7-9-14)11-23-17-21-20-16(24-17)19-15(22)10-12-4-2-1-3-5-12/h1-9H,10-11H2,(H,19,20,22). The Morgan fingerprint density at radius 1 is 1.04 bits per heavy atom. The lowest BCUT2D eigenvalue weighted by molar-refractivity contribution is -0.115. The van der Waals surface area contributed by atoms with Crippen LogP contribution in [-0.2, 0) is 17.0 Å². The molecular formula is C17H14BrN3OS2. The molecular weight excluding hydrogens is 406 g/mol. The maximum absolute atomic E-state index is 12.0. The number of thioether (sulfide) groups is 1. The summed E-state index contributed by atoms with van der Waals surface area (Å²) in [6, 6.07) is 17.8. The molecule has 0 atom stereocenters. The summed E-state index contributed by atoms with van der Waals surface area (Å²) in [5.74, 6) is 0.738. The molecule has 1 heterocycles. The van der Waals surface area contributed by atoms with Crippen molar-refractivity contribution in [1.29, 1.82) is 0 Å². The van der Waals surface area contributed by atoms with Crippen molar-refractivity contribution >= 4 is 50.1 Å². The van der Waals surface area contributed by atoms with Crippen LogP contribution in [0.15, 0.2) is 63.4 Å². The van der Waals surface area contributed by atoms with E-state index in [4.69, 9.17) is 0 Å². The van der Waals surface area contributed by atoms with Crippen LogP contribution in [-0.4, -0.2) is 16.1 Å². The number of amides is 1. The van der Waals surface area contributed by atoms with Crippen molar-refractivity contribution in [2.45, 2.75) is 16.5 Å².